The average molecular weight is 372 g/mol. The number of anilines is 1. The summed E-state index contributed by atoms with van der Waals surface area (Å²) in [6.07, 6.45) is -1.50. The van der Waals surface area contributed by atoms with Crippen molar-refractivity contribution in [2.45, 2.75) is 24.2 Å². The second kappa shape index (κ2) is 6.15. The number of ether oxygens (including phenoxy) is 2. The second-order valence-electron chi connectivity index (χ2n) is 5.57. The van der Waals surface area contributed by atoms with E-state index >= 15 is 0 Å². The lowest BCUT2D eigenvalue weighted by atomic mass is 9.97. The maximum atomic E-state index is 11.0. The van der Waals surface area contributed by atoms with Crippen molar-refractivity contribution >= 4 is 24.4 Å². The molecular weight excluding hydrogens is 355 g/mol. The van der Waals surface area contributed by atoms with Crippen LogP contribution in [-0.4, -0.2) is 58.9 Å². The van der Waals surface area contributed by atoms with Crippen molar-refractivity contribution in [2.75, 3.05) is 12.1 Å². The molecule has 4 atom stereocenters. The molecule has 1 aliphatic rings. The summed E-state index contributed by atoms with van der Waals surface area (Å²) < 4.78 is 22.8. The summed E-state index contributed by atoms with van der Waals surface area (Å²) in [7, 11) is -4.49. The molecule has 3 rings (SSSR count). The lowest BCUT2D eigenvalue weighted by Gasteiger charge is -2.28. The summed E-state index contributed by atoms with van der Waals surface area (Å²) in [5, 5.41) is 21.6. The van der Waals surface area contributed by atoms with Gasteiger partial charge in [-0.15, -0.1) is 0 Å². The van der Waals surface area contributed by atoms with Crippen molar-refractivity contribution in [3.05, 3.63) is 31.2 Å². The molecule has 2 aromatic heterocycles. The molecule has 136 valence electrons. The fourth-order valence-corrected chi connectivity index (χ4v) is 3.01. The number of nitrogens with two attached hydrogens (primary N) is 1. The first-order valence-electron chi connectivity index (χ1n) is 7.10. The number of nitrogen functional groups attached to an aromatic ring is 1. The monoisotopic (exact) mass is 372 g/mol. The highest BCUT2D eigenvalue weighted by molar-refractivity contribution is 7.51. The summed E-state index contributed by atoms with van der Waals surface area (Å²) in [5.74, 6) is 0.221. The molecule has 25 heavy (non-hydrogen) atoms. The van der Waals surface area contributed by atoms with Crippen molar-refractivity contribution in [3.8, 4) is 0 Å². The van der Waals surface area contributed by atoms with Crippen LogP contribution in [0.15, 0.2) is 31.2 Å². The Kier molecular flexibility index (Phi) is 4.41. The molecule has 0 bridgehead atoms. The molecular formula is C13H17N4O7P. The third-order valence-corrected chi connectivity index (χ3v) is 4.40. The van der Waals surface area contributed by atoms with E-state index in [4.69, 9.17) is 25.0 Å². The topological polar surface area (TPSA) is 173 Å². The highest BCUT2D eigenvalue weighted by atomic mass is 31.2. The van der Waals surface area contributed by atoms with E-state index in [-0.39, 0.29) is 5.82 Å². The van der Waals surface area contributed by atoms with Gasteiger partial charge in [0.2, 0.25) is 0 Å². The highest BCUT2D eigenvalue weighted by Gasteiger charge is 2.55. The average Bonchev–Trinajstić information content (AvgIpc) is 3.07. The van der Waals surface area contributed by atoms with E-state index in [9.17, 15) is 14.8 Å². The Balaban J connectivity index is 1.98. The molecule has 12 heteroatoms. The number of hydrogen-bond donors (Lipinski definition) is 5. The SMILES string of the molecule is C=C[C@@]1(O)C(O)[C@@H](OCP(=O)(O)O)O[C@H]1n1ccc2c(N)ncnc21. The molecule has 1 aliphatic heterocycles. The van der Waals surface area contributed by atoms with Gasteiger partial charge < -0.3 is 39.8 Å². The Bertz CT molecular complexity index is 852. The van der Waals surface area contributed by atoms with Crippen LogP contribution in [0.4, 0.5) is 5.82 Å². The number of aliphatic hydroxyl groups is 2. The normalized spacial score (nSPS) is 30.0. The van der Waals surface area contributed by atoms with Gasteiger partial charge in [-0.2, -0.15) is 0 Å². The van der Waals surface area contributed by atoms with Crippen LogP contribution in [0.25, 0.3) is 11.0 Å². The first kappa shape index (κ1) is 18.0. The van der Waals surface area contributed by atoms with Gasteiger partial charge in [0.1, 0.15) is 23.9 Å². The van der Waals surface area contributed by atoms with E-state index in [1.165, 1.54) is 17.1 Å². The standard InChI is InChI=1S/C13H17N4O7P/c1-2-13(19)8(18)11(23-6-25(20,21)22)24-12(13)17-4-3-7-9(14)15-5-16-10(7)17/h2-5,8,11-12,18-19H,1,6H2,(H2,14,15,16)(H2,20,21,22)/t8?,11-,12+,13+/m0/s1. The van der Waals surface area contributed by atoms with Crippen molar-refractivity contribution in [2.24, 2.45) is 0 Å². The molecule has 0 spiro atoms. The summed E-state index contributed by atoms with van der Waals surface area (Å²) in [4.78, 5) is 25.7. The van der Waals surface area contributed by atoms with Crippen LogP contribution in [0.2, 0.25) is 0 Å². The van der Waals surface area contributed by atoms with E-state index in [0.717, 1.165) is 6.08 Å². The molecule has 11 nitrogen and oxygen atoms in total. The fourth-order valence-electron chi connectivity index (χ4n) is 2.67. The zero-order chi connectivity index (χ0) is 18.4. The Hall–Kier alpha value is -1.85. The first-order valence-corrected chi connectivity index (χ1v) is 8.90. The summed E-state index contributed by atoms with van der Waals surface area (Å²) >= 11 is 0. The molecule has 1 saturated heterocycles. The summed E-state index contributed by atoms with van der Waals surface area (Å²) in [5.41, 5.74) is 4.11. The Labute approximate surface area is 141 Å². The maximum Gasteiger partial charge on any atom is 0.351 e. The molecule has 0 aromatic carbocycles. The Morgan fingerprint density at radius 1 is 1.52 bits per heavy atom. The minimum atomic E-state index is -4.49. The van der Waals surface area contributed by atoms with Gasteiger partial charge in [-0.3, -0.25) is 4.57 Å². The third kappa shape index (κ3) is 3.07. The first-order chi connectivity index (χ1) is 11.7. The van der Waals surface area contributed by atoms with Gasteiger partial charge in [-0.25, -0.2) is 9.97 Å². The Morgan fingerprint density at radius 3 is 2.88 bits per heavy atom. The van der Waals surface area contributed by atoms with E-state index in [0.29, 0.717) is 11.0 Å². The number of nitrogens with zero attached hydrogens (tertiary/aromatic N) is 3. The molecule has 1 fully saturated rings. The lowest BCUT2D eigenvalue weighted by Crippen LogP contribution is -2.45. The molecule has 6 N–H and O–H groups in total. The van der Waals surface area contributed by atoms with Gasteiger partial charge in [0.25, 0.3) is 0 Å². The number of aromatic nitrogens is 3. The highest BCUT2D eigenvalue weighted by Crippen LogP contribution is 2.43. The van der Waals surface area contributed by atoms with Gasteiger partial charge in [0.05, 0.1) is 5.39 Å². The third-order valence-electron chi connectivity index (χ3n) is 3.92. The van der Waals surface area contributed by atoms with Crippen LogP contribution in [0, 0.1) is 0 Å². The minimum absolute atomic E-state index is 0.221. The number of rotatable bonds is 5. The molecule has 3 heterocycles. The number of hydrogen-bond acceptors (Lipinski definition) is 8. The van der Waals surface area contributed by atoms with E-state index in [1.54, 1.807) is 6.07 Å². The van der Waals surface area contributed by atoms with Gasteiger partial charge in [-0.1, -0.05) is 12.7 Å². The van der Waals surface area contributed by atoms with Crippen molar-refractivity contribution in [1.82, 2.24) is 14.5 Å². The van der Waals surface area contributed by atoms with E-state index < -0.39 is 38.2 Å². The van der Waals surface area contributed by atoms with Crippen LogP contribution in [0.3, 0.4) is 0 Å². The molecule has 1 unspecified atom stereocenters. The van der Waals surface area contributed by atoms with Crippen LogP contribution in [0.1, 0.15) is 6.23 Å². The molecule has 2 aromatic rings. The smallest absolute Gasteiger partial charge is 0.351 e. The van der Waals surface area contributed by atoms with Crippen LogP contribution < -0.4 is 5.73 Å². The molecule has 0 saturated carbocycles. The van der Waals surface area contributed by atoms with Gasteiger partial charge in [0.15, 0.2) is 24.5 Å². The van der Waals surface area contributed by atoms with Crippen molar-refractivity contribution in [1.29, 1.82) is 0 Å². The van der Waals surface area contributed by atoms with E-state index in [2.05, 4.69) is 16.5 Å². The zero-order valence-electron chi connectivity index (χ0n) is 12.8. The molecule has 0 aliphatic carbocycles. The largest absolute Gasteiger partial charge is 0.384 e. The fraction of sp³-hybridized carbons (Fsp3) is 0.385. The van der Waals surface area contributed by atoms with Gasteiger partial charge in [0, 0.05) is 6.20 Å². The number of aliphatic hydroxyl groups excluding tert-OH is 1. The van der Waals surface area contributed by atoms with Crippen LogP contribution >= 0.6 is 7.60 Å². The van der Waals surface area contributed by atoms with Gasteiger partial charge in [-0.05, 0) is 6.07 Å². The quantitative estimate of drug-likeness (QED) is 0.333. The Morgan fingerprint density at radius 2 is 2.24 bits per heavy atom. The zero-order valence-corrected chi connectivity index (χ0v) is 13.7. The maximum absolute atomic E-state index is 11.0. The number of fused-ring (bicyclic) bond motifs is 1. The summed E-state index contributed by atoms with van der Waals surface area (Å²) in [6.45, 7) is 3.50. The van der Waals surface area contributed by atoms with Gasteiger partial charge >= 0.3 is 7.60 Å². The van der Waals surface area contributed by atoms with Crippen molar-refractivity contribution < 1.29 is 34.0 Å². The summed E-state index contributed by atoms with van der Waals surface area (Å²) in [6, 6.07) is 1.60. The van der Waals surface area contributed by atoms with E-state index in [1.807, 2.05) is 0 Å². The minimum Gasteiger partial charge on any atom is -0.384 e. The van der Waals surface area contributed by atoms with Crippen LogP contribution in [-0.2, 0) is 14.0 Å². The molecule has 0 amide bonds. The van der Waals surface area contributed by atoms with Crippen molar-refractivity contribution in [3.63, 3.8) is 0 Å². The van der Waals surface area contributed by atoms with Crippen LogP contribution in [0.5, 0.6) is 0 Å². The lowest BCUT2D eigenvalue weighted by molar-refractivity contribution is -0.167. The second-order valence-corrected chi connectivity index (χ2v) is 7.16. The predicted octanol–water partition coefficient (Wildman–Crippen LogP) is -0.702. The predicted molar refractivity (Wildman–Crippen MR) is 85.0 cm³/mol. The molecule has 0 radical (unpaired) electrons.